The highest BCUT2D eigenvalue weighted by molar-refractivity contribution is 5.57. The van der Waals surface area contributed by atoms with Crippen LogP contribution in [0.15, 0.2) is 29.1 Å². The van der Waals surface area contributed by atoms with Crippen LogP contribution >= 0.6 is 0 Å². The molecule has 0 atom stereocenters. The fourth-order valence-electron chi connectivity index (χ4n) is 1.43. The van der Waals surface area contributed by atoms with Crippen molar-refractivity contribution in [1.29, 1.82) is 0 Å². The Morgan fingerprint density at radius 3 is 2.65 bits per heavy atom. The maximum atomic E-state index is 12.8. The maximum Gasteiger partial charge on any atom is 0.415 e. The summed E-state index contributed by atoms with van der Waals surface area (Å²) in [6, 6.07) is 0.946. The van der Waals surface area contributed by atoms with Crippen LogP contribution in [0, 0.1) is 14.0 Å². The Labute approximate surface area is 95.5 Å². The zero-order valence-electron chi connectivity index (χ0n) is 8.95. The molecule has 0 unspecified atom stereocenters. The zero-order chi connectivity index (χ0) is 12.6. The van der Waals surface area contributed by atoms with Crippen LogP contribution in [0.4, 0.5) is 13.2 Å². The van der Waals surface area contributed by atoms with Crippen LogP contribution in [0.5, 0.6) is 0 Å². The van der Waals surface area contributed by atoms with E-state index in [4.69, 9.17) is 4.42 Å². The van der Waals surface area contributed by atoms with Crippen LogP contribution in [-0.4, -0.2) is 4.98 Å². The summed E-state index contributed by atoms with van der Waals surface area (Å²) < 4.78 is 44.6. The van der Waals surface area contributed by atoms with Gasteiger partial charge in [-0.25, -0.2) is 4.98 Å². The monoisotopic (exact) mass is 242 g/mol. The van der Waals surface area contributed by atoms with E-state index in [1.807, 2.05) is 0 Å². The topological polar surface area (TPSA) is 29.9 Å². The van der Waals surface area contributed by atoms with Gasteiger partial charge in [-0.05, 0) is 13.0 Å². The predicted molar refractivity (Wildman–Crippen MR) is 52.6 cm³/mol. The Morgan fingerprint density at radius 2 is 2.12 bits per heavy atom. The van der Waals surface area contributed by atoms with Crippen LogP contribution in [0.1, 0.15) is 11.3 Å². The summed E-state index contributed by atoms with van der Waals surface area (Å²) in [7, 11) is 3.52. The Morgan fingerprint density at radius 1 is 1.41 bits per heavy atom. The molecule has 0 spiro atoms. The van der Waals surface area contributed by atoms with Gasteiger partial charge in [0.1, 0.15) is 6.26 Å². The van der Waals surface area contributed by atoms with Crippen molar-refractivity contribution in [3.8, 4) is 11.5 Å². The van der Waals surface area contributed by atoms with Crippen molar-refractivity contribution in [2.75, 3.05) is 0 Å². The number of hydrogen-bond acceptors (Lipinski definition) is 2. The molecule has 0 aliphatic heterocycles. The van der Waals surface area contributed by atoms with Crippen molar-refractivity contribution in [3.05, 3.63) is 43.0 Å². The third-order valence-electron chi connectivity index (χ3n) is 2.17. The third kappa shape index (κ3) is 2.25. The molecule has 2 rings (SSSR count). The van der Waals surface area contributed by atoms with Crippen molar-refractivity contribution in [3.63, 3.8) is 0 Å². The van der Waals surface area contributed by atoms with Gasteiger partial charge in [-0.1, -0.05) is 0 Å². The molecule has 0 N–H and O–H groups in total. The van der Waals surface area contributed by atoms with Crippen LogP contribution in [-0.2, 0) is 6.18 Å². The molecule has 2 heterocycles. The minimum atomic E-state index is -4.45. The first-order valence-electron chi connectivity index (χ1n) is 4.74. The molecule has 2 aromatic heterocycles. The number of oxazole rings is 1. The van der Waals surface area contributed by atoms with Gasteiger partial charge in [0.15, 0.2) is 0 Å². The summed E-state index contributed by atoms with van der Waals surface area (Å²) >= 11 is 0. The van der Waals surface area contributed by atoms with Gasteiger partial charge >= 0.3 is 6.18 Å². The molecular formula is C11H9F3N2O. The molecule has 0 saturated carbocycles. The summed E-state index contributed by atoms with van der Waals surface area (Å²) in [5.41, 5.74) is -0.394. The molecule has 0 amide bonds. The van der Waals surface area contributed by atoms with Crippen LogP contribution in [0.2, 0.25) is 0 Å². The summed E-state index contributed by atoms with van der Waals surface area (Å²) in [6.45, 7) is 1.64. The summed E-state index contributed by atoms with van der Waals surface area (Å²) in [5, 5.41) is 0. The van der Waals surface area contributed by atoms with Gasteiger partial charge in [-0.3, -0.25) is 0 Å². The lowest BCUT2D eigenvalue weighted by molar-refractivity contribution is -0.612. The minimum Gasteiger partial charge on any atom is -0.445 e. The second-order valence-corrected chi connectivity index (χ2v) is 3.58. The molecule has 0 bridgehead atoms. The lowest BCUT2D eigenvalue weighted by Crippen LogP contribution is -2.26. The standard InChI is InChI=1S/C11H9F3N2O/c1-7-6-17-10(15-7)8-5-16(2)4-3-9(8)11(12,13)14/h3-6H,2H2,1H3. The van der Waals surface area contributed by atoms with E-state index in [1.54, 1.807) is 6.92 Å². The average molecular weight is 242 g/mol. The fraction of sp³-hybridized carbons (Fsp3) is 0.182. The molecule has 0 aliphatic carbocycles. The van der Waals surface area contributed by atoms with E-state index in [2.05, 4.69) is 12.0 Å². The molecule has 6 heteroatoms. The number of aromatic nitrogens is 2. The summed E-state index contributed by atoms with van der Waals surface area (Å²) in [4.78, 5) is 3.89. The summed E-state index contributed by atoms with van der Waals surface area (Å²) in [5.74, 6) is -0.0622. The molecule has 0 saturated heterocycles. The number of pyridine rings is 1. The lowest BCUT2D eigenvalue weighted by Gasteiger charge is -2.11. The van der Waals surface area contributed by atoms with E-state index in [0.717, 1.165) is 6.07 Å². The van der Waals surface area contributed by atoms with Gasteiger partial charge in [0.25, 0.3) is 0 Å². The Kier molecular flexibility index (Phi) is 2.57. The smallest absolute Gasteiger partial charge is 0.415 e. The van der Waals surface area contributed by atoms with Gasteiger partial charge in [0.2, 0.25) is 5.89 Å². The first kappa shape index (κ1) is 11.5. The van der Waals surface area contributed by atoms with Crippen LogP contribution in [0.25, 0.3) is 11.5 Å². The normalized spacial score (nSPS) is 11.8. The van der Waals surface area contributed by atoms with Crippen molar-refractivity contribution in [2.45, 2.75) is 13.1 Å². The first-order chi connectivity index (χ1) is 7.88. The highest BCUT2D eigenvalue weighted by Gasteiger charge is 2.34. The van der Waals surface area contributed by atoms with Gasteiger partial charge < -0.3 is 8.98 Å². The van der Waals surface area contributed by atoms with E-state index >= 15 is 0 Å². The van der Waals surface area contributed by atoms with Gasteiger partial charge in [0, 0.05) is 7.05 Å². The van der Waals surface area contributed by atoms with E-state index in [1.165, 1.54) is 23.2 Å². The second-order valence-electron chi connectivity index (χ2n) is 3.58. The predicted octanol–water partition coefficient (Wildman–Crippen LogP) is 2.60. The van der Waals surface area contributed by atoms with Crippen LogP contribution in [0.3, 0.4) is 0 Å². The van der Waals surface area contributed by atoms with Gasteiger partial charge in [-0.15, -0.1) is 0 Å². The SMILES string of the molecule is [CH2-][n+]1ccc(C(F)(F)F)c(-c2nc(C)co2)c1. The number of nitrogens with zero attached hydrogens (tertiary/aromatic N) is 2. The van der Waals surface area contributed by atoms with Crippen molar-refractivity contribution >= 4 is 0 Å². The quantitative estimate of drug-likeness (QED) is 0.568. The van der Waals surface area contributed by atoms with Crippen molar-refractivity contribution < 1.29 is 22.2 Å². The highest BCUT2D eigenvalue weighted by atomic mass is 19.4. The fourth-order valence-corrected chi connectivity index (χ4v) is 1.43. The molecular weight excluding hydrogens is 233 g/mol. The minimum absolute atomic E-state index is 0.0622. The number of alkyl halides is 3. The number of aryl methyl sites for hydroxylation is 1. The molecule has 3 nitrogen and oxygen atoms in total. The number of halogens is 3. The van der Waals surface area contributed by atoms with Crippen LogP contribution < -0.4 is 4.57 Å². The maximum absolute atomic E-state index is 12.8. The average Bonchev–Trinajstić information content (AvgIpc) is 2.62. The van der Waals surface area contributed by atoms with Gasteiger partial charge in [-0.2, -0.15) is 13.2 Å². The lowest BCUT2D eigenvalue weighted by atomic mass is 10.1. The van der Waals surface area contributed by atoms with E-state index < -0.39 is 11.7 Å². The Balaban J connectivity index is 2.63. The zero-order valence-corrected chi connectivity index (χ0v) is 8.95. The molecule has 0 fully saturated rings. The summed E-state index contributed by atoms with van der Waals surface area (Å²) in [6.07, 6.45) is -0.696. The van der Waals surface area contributed by atoms with Gasteiger partial charge in [0.05, 0.1) is 29.2 Å². The molecule has 0 radical (unpaired) electrons. The van der Waals surface area contributed by atoms with E-state index in [9.17, 15) is 13.2 Å². The number of hydrogen-bond donors (Lipinski definition) is 0. The Bertz CT molecular complexity index is 546. The largest absolute Gasteiger partial charge is 0.445 e. The van der Waals surface area contributed by atoms with Crippen molar-refractivity contribution in [2.24, 2.45) is 0 Å². The highest BCUT2D eigenvalue weighted by Crippen LogP contribution is 2.35. The molecule has 2 aromatic rings. The first-order valence-corrected chi connectivity index (χ1v) is 4.74. The number of rotatable bonds is 1. The molecule has 0 aliphatic rings. The molecule has 0 aromatic carbocycles. The van der Waals surface area contributed by atoms with E-state index in [-0.39, 0.29) is 11.5 Å². The van der Waals surface area contributed by atoms with Crippen molar-refractivity contribution in [1.82, 2.24) is 4.98 Å². The Hall–Kier alpha value is -1.98. The van der Waals surface area contributed by atoms with E-state index in [0.29, 0.717) is 5.69 Å². The molecule has 17 heavy (non-hydrogen) atoms. The third-order valence-corrected chi connectivity index (χ3v) is 2.17. The molecule has 90 valence electrons. The second kappa shape index (κ2) is 3.80.